The third-order valence-electron chi connectivity index (χ3n) is 6.42. The van der Waals surface area contributed by atoms with Crippen molar-refractivity contribution in [3.63, 3.8) is 0 Å². The lowest BCUT2D eigenvalue weighted by Gasteiger charge is -2.32. The van der Waals surface area contributed by atoms with E-state index >= 15 is 0 Å². The molecule has 1 fully saturated rings. The number of carbonyl (C=O) groups excluding carboxylic acids is 2. The van der Waals surface area contributed by atoms with E-state index in [0.717, 1.165) is 57.4 Å². The van der Waals surface area contributed by atoms with Crippen LogP contribution in [0.2, 0.25) is 0 Å². The van der Waals surface area contributed by atoms with E-state index in [4.69, 9.17) is 0 Å². The molecule has 2 aromatic carbocycles. The Kier molecular flexibility index (Phi) is 8.99. The van der Waals surface area contributed by atoms with Crippen molar-refractivity contribution >= 4 is 43.5 Å². The van der Waals surface area contributed by atoms with Crippen LogP contribution in [0.25, 0.3) is 0 Å². The maximum atomic E-state index is 13.7. The summed E-state index contributed by atoms with van der Waals surface area (Å²) in [6.45, 7) is 5.18. The normalized spacial score (nSPS) is 15.0. The van der Waals surface area contributed by atoms with Gasteiger partial charge in [0.2, 0.25) is 21.8 Å². The van der Waals surface area contributed by atoms with Crippen LogP contribution in [0.4, 0.5) is 5.69 Å². The number of carbonyl (C=O) groups is 2. The zero-order chi connectivity index (χ0) is 25.8. The molecule has 2 amide bonds. The molecule has 0 spiro atoms. The Morgan fingerprint density at radius 1 is 1.11 bits per heavy atom. The summed E-state index contributed by atoms with van der Waals surface area (Å²) in [5.41, 5.74) is 2.94. The highest BCUT2D eigenvalue weighted by Crippen LogP contribution is 2.25. The van der Waals surface area contributed by atoms with E-state index in [1.165, 1.54) is 4.90 Å². The first-order chi connectivity index (χ1) is 16.5. The van der Waals surface area contributed by atoms with Gasteiger partial charge in [-0.3, -0.25) is 13.9 Å². The van der Waals surface area contributed by atoms with E-state index in [1.807, 2.05) is 50.2 Å². The Morgan fingerprint density at radius 3 is 2.43 bits per heavy atom. The Bertz CT molecular complexity index is 1180. The van der Waals surface area contributed by atoms with Crippen molar-refractivity contribution in [2.75, 3.05) is 17.1 Å². The molecule has 190 valence electrons. The van der Waals surface area contributed by atoms with Gasteiger partial charge in [-0.25, -0.2) is 8.42 Å². The van der Waals surface area contributed by atoms with Crippen molar-refractivity contribution in [1.82, 2.24) is 10.2 Å². The zero-order valence-electron chi connectivity index (χ0n) is 20.8. The second-order valence-corrected chi connectivity index (χ2v) is 12.2. The van der Waals surface area contributed by atoms with Crippen LogP contribution in [0.3, 0.4) is 0 Å². The van der Waals surface area contributed by atoms with Crippen LogP contribution < -0.4 is 9.62 Å². The van der Waals surface area contributed by atoms with Gasteiger partial charge in [0.05, 0.1) is 11.9 Å². The smallest absolute Gasteiger partial charge is 0.244 e. The van der Waals surface area contributed by atoms with Gasteiger partial charge >= 0.3 is 0 Å². The van der Waals surface area contributed by atoms with Crippen LogP contribution in [0.5, 0.6) is 0 Å². The molecule has 9 heteroatoms. The van der Waals surface area contributed by atoms with Gasteiger partial charge in [0, 0.05) is 17.1 Å². The van der Waals surface area contributed by atoms with Gasteiger partial charge < -0.3 is 10.2 Å². The van der Waals surface area contributed by atoms with Gasteiger partial charge in [0.15, 0.2) is 0 Å². The van der Waals surface area contributed by atoms with Gasteiger partial charge in [-0.2, -0.15) is 0 Å². The summed E-state index contributed by atoms with van der Waals surface area (Å²) in [7, 11) is -3.75. The Labute approximate surface area is 217 Å². The molecule has 1 aliphatic rings. The first-order valence-electron chi connectivity index (χ1n) is 11.8. The SMILES string of the molecule is Cc1ccc(C)c(N(CC(=O)N(Cc2cccc(Br)c2)[C@H](C)C(=O)NC2CCCC2)S(C)(=O)=O)c1. The van der Waals surface area contributed by atoms with Crippen molar-refractivity contribution in [3.8, 4) is 0 Å². The molecule has 0 saturated heterocycles. The maximum absolute atomic E-state index is 13.7. The van der Waals surface area contributed by atoms with E-state index in [1.54, 1.807) is 13.0 Å². The summed E-state index contributed by atoms with van der Waals surface area (Å²) >= 11 is 3.45. The molecule has 0 bridgehead atoms. The summed E-state index contributed by atoms with van der Waals surface area (Å²) in [6, 6.07) is 12.4. The molecular weight excluding hydrogens is 530 g/mol. The number of aryl methyl sites for hydroxylation is 2. The molecule has 1 aliphatic carbocycles. The van der Waals surface area contributed by atoms with Crippen molar-refractivity contribution in [2.45, 2.75) is 65.1 Å². The molecule has 0 radical (unpaired) electrons. The molecule has 1 N–H and O–H groups in total. The van der Waals surface area contributed by atoms with Crippen LogP contribution in [0, 0.1) is 13.8 Å². The second kappa shape index (κ2) is 11.6. The van der Waals surface area contributed by atoms with Crippen LogP contribution in [0.15, 0.2) is 46.9 Å². The second-order valence-electron chi connectivity index (χ2n) is 9.38. The van der Waals surface area contributed by atoms with Gasteiger partial charge in [-0.15, -0.1) is 0 Å². The van der Waals surface area contributed by atoms with E-state index < -0.39 is 28.5 Å². The van der Waals surface area contributed by atoms with Crippen LogP contribution in [-0.4, -0.2) is 50.0 Å². The molecule has 3 rings (SSSR count). The number of rotatable bonds is 9. The summed E-state index contributed by atoms with van der Waals surface area (Å²) in [5, 5.41) is 3.07. The lowest BCUT2D eigenvalue weighted by Crippen LogP contribution is -2.52. The lowest BCUT2D eigenvalue weighted by molar-refractivity contribution is -0.139. The summed E-state index contributed by atoms with van der Waals surface area (Å²) in [5.74, 6) is -0.664. The minimum atomic E-state index is -3.75. The number of benzene rings is 2. The molecule has 35 heavy (non-hydrogen) atoms. The maximum Gasteiger partial charge on any atom is 0.244 e. The van der Waals surface area contributed by atoms with Crippen LogP contribution >= 0.6 is 15.9 Å². The predicted molar refractivity (Wildman–Crippen MR) is 143 cm³/mol. The fourth-order valence-corrected chi connectivity index (χ4v) is 5.74. The zero-order valence-corrected chi connectivity index (χ0v) is 23.2. The molecule has 0 heterocycles. The molecular formula is C26H34BrN3O4S. The fraction of sp³-hybridized carbons (Fsp3) is 0.462. The predicted octanol–water partition coefficient (Wildman–Crippen LogP) is 4.31. The topological polar surface area (TPSA) is 86.8 Å². The number of anilines is 1. The van der Waals surface area contributed by atoms with Crippen LogP contribution in [-0.2, 0) is 26.2 Å². The first-order valence-corrected chi connectivity index (χ1v) is 14.5. The third-order valence-corrected chi connectivity index (χ3v) is 8.04. The Balaban J connectivity index is 1.91. The number of hydrogen-bond acceptors (Lipinski definition) is 4. The number of nitrogens with one attached hydrogen (secondary N) is 1. The van der Waals surface area contributed by atoms with E-state index in [-0.39, 0.29) is 18.5 Å². The highest BCUT2D eigenvalue weighted by molar-refractivity contribution is 9.10. The molecule has 1 atom stereocenters. The number of amides is 2. The molecule has 0 aromatic heterocycles. The molecule has 7 nitrogen and oxygen atoms in total. The summed E-state index contributed by atoms with van der Waals surface area (Å²) in [4.78, 5) is 28.2. The highest BCUT2D eigenvalue weighted by Gasteiger charge is 2.31. The summed E-state index contributed by atoms with van der Waals surface area (Å²) in [6.07, 6.45) is 5.13. The van der Waals surface area contributed by atoms with E-state index in [0.29, 0.717) is 5.69 Å². The average Bonchev–Trinajstić information content (AvgIpc) is 3.29. The number of sulfonamides is 1. The molecule has 1 saturated carbocycles. The minimum absolute atomic E-state index is 0.121. The monoisotopic (exact) mass is 563 g/mol. The van der Waals surface area contributed by atoms with Gasteiger partial charge in [-0.05, 0) is 68.5 Å². The standard InChI is InChI=1S/C26H34BrN3O4S/c1-18-12-13-19(2)24(14-18)30(35(4,33)34)17-25(31)29(16-21-8-7-9-22(27)15-21)20(3)26(32)28-23-10-5-6-11-23/h7-9,12-15,20,23H,5-6,10-11,16-17H2,1-4H3,(H,28,32)/t20-/m1/s1. The van der Waals surface area contributed by atoms with Crippen molar-refractivity contribution < 1.29 is 18.0 Å². The number of hydrogen-bond donors (Lipinski definition) is 1. The lowest BCUT2D eigenvalue weighted by atomic mass is 10.1. The van der Waals surface area contributed by atoms with Gasteiger partial charge in [0.25, 0.3) is 0 Å². The Hall–Kier alpha value is -2.39. The first kappa shape index (κ1) is 27.2. The average molecular weight is 565 g/mol. The quantitative estimate of drug-likeness (QED) is 0.492. The summed E-state index contributed by atoms with van der Waals surface area (Å²) < 4.78 is 27.5. The molecule has 2 aromatic rings. The van der Waals surface area contributed by atoms with Gasteiger partial charge in [0.1, 0.15) is 12.6 Å². The largest absolute Gasteiger partial charge is 0.352 e. The third kappa shape index (κ3) is 7.30. The van der Waals surface area contributed by atoms with Crippen molar-refractivity contribution in [3.05, 3.63) is 63.6 Å². The number of halogens is 1. The fourth-order valence-electron chi connectivity index (χ4n) is 4.39. The molecule has 0 unspecified atom stereocenters. The highest BCUT2D eigenvalue weighted by atomic mass is 79.9. The minimum Gasteiger partial charge on any atom is -0.352 e. The van der Waals surface area contributed by atoms with Crippen molar-refractivity contribution in [1.29, 1.82) is 0 Å². The van der Waals surface area contributed by atoms with Gasteiger partial charge in [-0.1, -0.05) is 53.0 Å². The van der Waals surface area contributed by atoms with Crippen LogP contribution in [0.1, 0.15) is 49.3 Å². The Morgan fingerprint density at radius 2 is 1.80 bits per heavy atom. The van der Waals surface area contributed by atoms with E-state index in [9.17, 15) is 18.0 Å². The number of nitrogens with zero attached hydrogens (tertiary/aromatic N) is 2. The van der Waals surface area contributed by atoms with Crippen molar-refractivity contribution in [2.24, 2.45) is 0 Å². The van der Waals surface area contributed by atoms with E-state index in [2.05, 4.69) is 21.2 Å². The molecule has 0 aliphatic heterocycles.